The van der Waals surface area contributed by atoms with Gasteiger partial charge in [-0.25, -0.2) is 18.1 Å². The highest BCUT2D eigenvalue weighted by molar-refractivity contribution is 7.89. The molecule has 0 aliphatic carbocycles. The van der Waals surface area contributed by atoms with Crippen LogP contribution >= 0.6 is 0 Å². The SMILES string of the molecule is Cc1ccc(C)c(S(=O)(=O)NCCC(=O)Nc2ccc(OCC(F)(F)F)nc2)c1. The molecule has 0 spiro atoms. The van der Waals surface area contributed by atoms with E-state index in [-0.39, 0.29) is 29.4 Å². The van der Waals surface area contributed by atoms with E-state index in [1.165, 1.54) is 12.1 Å². The topological polar surface area (TPSA) is 97.4 Å². The van der Waals surface area contributed by atoms with E-state index in [1.807, 2.05) is 0 Å². The number of nitrogens with zero attached hydrogens (tertiary/aromatic N) is 1. The first kappa shape index (κ1) is 22.6. The highest BCUT2D eigenvalue weighted by atomic mass is 32.2. The average molecular weight is 431 g/mol. The van der Waals surface area contributed by atoms with Crippen LogP contribution in [0.2, 0.25) is 0 Å². The molecule has 0 radical (unpaired) electrons. The summed E-state index contributed by atoms with van der Waals surface area (Å²) in [4.78, 5) is 15.8. The Balaban J connectivity index is 1.84. The summed E-state index contributed by atoms with van der Waals surface area (Å²) in [6.07, 6.45) is -3.47. The van der Waals surface area contributed by atoms with Crippen LogP contribution in [0, 0.1) is 13.8 Å². The Morgan fingerprint density at radius 2 is 1.90 bits per heavy atom. The molecule has 0 fully saturated rings. The van der Waals surface area contributed by atoms with Gasteiger partial charge in [-0.15, -0.1) is 0 Å². The molecule has 0 aliphatic heterocycles. The largest absolute Gasteiger partial charge is 0.468 e. The number of sulfonamides is 1. The van der Waals surface area contributed by atoms with Gasteiger partial charge in [-0.2, -0.15) is 13.2 Å². The number of rotatable bonds is 8. The minimum absolute atomic E-state index is 0.123. The number of ether oxygens (including phenoxy) is 1. The molecule has 0 bridgehead atoms. The maximum atomic E-state index is 12.4. The van der Waals surface area contributed by atoms with Crippen molar-refractivity contribution < 1.29 is 31.1 Å². The van der Waals surface area contributed by atoms with Crippen molar-refractivity contribution in [1.29, 1.82) is 0 Å². The Morgan fingerprint density at radius 3 is 2.52 bits per heavy atom. The van der Waals surface area contributed by atoms with Crippen LogP contribution in [0.25, 0.3) is 0 Å². The van der Waals surface area contributed by atoms with Crippen molar-refractivity contribution in [2.45, 2.75) is 31.3 Å². The lowest BCUT2D eigenvalue weighted by Gasteiger charge is -2.11. The second-order valence-corrected chi connectivity index (χ2v) is 7.99. The Morgan fingerprint density at radius 1 is 1.17 bits per heavy atom. The zero-order valence-corrected chi connectivity index (χ0v) is 16.5. The van der Waals surface area contributed by atoms with Gasteiger partial charge >= 0.3 is 6.18 Å². The van der Waals surface area contributed by atoms with E-state index >= 15 is 0 Å². The molecule has 158 valence electrons. The highest BCUT2D eigenvalue weighted by Crippen LogP contribution is 2.18. The maximum Gasteiger partial charge on any atom is 0.422 e. The van der Waals surface area contributed by atoms with Crippen molar-refractivity contribution in [3.63, 3.8) is 0 Å². The van der Waals surface area contributed by atoms with Gasteiger partial charge in [0, 0.05) is 19.0 Å². The number of halogens is 3. The number of hydrogen-bond donors (Lipinski definition) is 2. The number of amides is 1. The van der Waals surface area contributed by atoms with E-state index in [4.69, 9.17) is 0 Å². The van der Waals surface area contributed by atoms with Gasteiger partial charge in [-0.3, -0.25) is 4.79 Å². The number of carbonyl (C=O) groups is 1. The number of carbonyl (C=O) groups excluding carboxylic acids is 1. The minimum atomic E-state index is -4.47. The van der Waals surface area contributed by atoms with Crippen LogP contribution in [0.1, 0.15) is 17.5 Å². The predicted octanol–water partition coefficient (Wildman–Crippen LogP) is 2.95. The minimum Gasteiger partial charge on any atom is -0.468 e. The van der Waals surface area contributed by atoms with E-state index in [0.29, 0.717) is 5.56 Å². The Hall–Kier alpha value is -2.66. The summed E-state index contributed by atoms with van der Waals surface area (Å²) in [7, 11) is -3.76. The number of benzene rings is 1. The zero-order chi connectivity index (χ0) is 21.7. The Bertz CT molecular complexity index is 961. The van der Waals surface area contributed by atoms with Crippen LogP contribution in [0.4, 0.5) is 18.9 Å². The second-order valence-electron chi connectivity index (χ2n) is 6.25. The van der Waals surface area contributed by atoms with Crippen LogP contribution in [0.3, 0.4) is 0 Å². The van der Waals surface area contributed by atoms with Crippen LogP contribution in [0.15, 0.2) is 41.4 Å². The van der Waals surface area contributed by atoms with E-state index in [9.17, 15) is 26.4 Å². The molecule has 7 nitrogen and oxygen atoms in total. The number of anilines is 1. The smallest absolute Gasteiger partial charge is 0.422 e. The number of aryl methyl sites for hydroxylation is 2. The lowest BCUT2D eigenvalue weighted by molar-refractivity contribution is -0.154. The molecule has 29 heavy (non-hydrogen) atoms. The quantitative estimate of drug-likeness (QED) is 0.670. The molecule has 0 saturated carbocycles. The average Bonchev–Trinajstić information content (AvgIpc) is 2.62. The third-order valence-corrected chi connectivity index (χ3v) is 5.28. The molecule has 2 rings (SSSR count). The molecule has 1 aromatic heterocycles. The van der Waals surface area contributed by atoms with Gasteiger partial charge < -0.3 is 10.1 Å². The van der Waals surface area contributed by atoms with Gasteiger partial charge in [0.05, 0.1) is 16.8 Å². The summed E-state index contributed by atoms with van der Waals surface area (Å²) < 4.78 is 67.8. The first-order valence-corrected chi connectivity index (χ1v) is 9.97. The van der Waals surface area contributed by atoms with Gasteiger partial charge in [0.25, 0.3) is 0 Å². The molecule has 2 aromatic rings. The van der Waals surface area contributed by atoms with Crippen LogP contribution in [0.5, 0.6) is 5.88 Å². The molecule has 1 heterocycles. The fourth-order valence-electron chi connectivity index (χ4n) is 2.29. The molecular weight excluding hydrogens is 411 g/mol. The van der Waals surface area contributed by atoms with Gasteiger partial charge in [0.15, 0.2) is 6.61 Å². The summed E-state index contributed by atoms with van der Waals surface area (Å²) in [5.41, 5.74) is 1.63. The molecule has 0 aliphatic rings. The first-order valence-electron chi connectivity index (χ1n) is 8.49. The lowest BCUT2D eigenvalue weighted by Crippen LogP contribution is -2.28. The number of alkyl halides is 3. The van der Waals surface area contributed by atoms with E-state index in [2.05, 4.69) is 19.8 Å². The van der Waals surface area contributed by atoms with E-state index < -0.39 is 28.7 Å². The number of aromatic nitrogens is 1. The molecule has 11 heteroatoms. The third-order valence-electron chi connectivity index (χ3n) is 3.68. The van der Waals surface area contributed by atoms with Gasteiger partial charge in [0.1, 0.15) is 0 Å². The fourth-order valence-corrected chi connectivity index (χ4v) is 3.65. The zero-order valence-electron chi connectivity index (χ0n) is 15.7. The summed E-state index contributed by atoms with van der Waals surface area (Å²) in [5, 5.41) is 2.47. The normalized spacial score (nSPS) is 11.9. The molecule has 1 aromatic carbocycles. The third kappa shape index (κ3) is 7.35. The van der Waals surface area contributed by atoms with Crippen molar-refractivity contribution in [3.05, 3.63) is 47.7 Å². The Kier molecular flexibility index (Phi) is 7.20. The number of nitrogens with one attached hydrogen (secondary N) is 2. The number of hydrogen-bond acceptors (Lipinski definition) is 5. The van der Waals surface area contributed by atoms with Gasteiger partial charge in [-0.05, 0) is 37.1 Å². The summed E-state index contributed by atoms with van der Waals surface area (Å²) in [6, 6.07) is 7.56. The van der Waals surface area contributed by atoms with Crippen LogP contribution in [-0.2, 0) is 14.8 Å². The van der Waals surface area contributed by atoms with Crippen molar-refractivity contribution in [3.8, 4) is 5.88 Å². The van der Waals surface area contributed by atoms with Crippen molar-refractivity contribution in [2.75, 3.05) is 18.5 Å². The summed E-state index contributed by atoms with van der Waals surface area (Å²) >= 11 is 0. The van der Waals surface area contributed by atoms with Crippen LogP contribution < -0.4 is 14.8 Å². The molecule has 0 saturated heterocycles. The predicted molar refractivity (Wildman–Crippen MR) is 100 cm³/mol. The molecular formula is C18H20F3N3O4S. The second kappa shape index (κ2) is 9.23. The first-order chi connectivity index (χ1) is 13.5. The van der Waals surface area contributed by atoms with Crippen molar-refractivity contribution in [1.82, 2.24) is 9.71 Å². The molecule has 2 N–H and O–H groups in total. The molecule has 1 amide bonds. The van der Waals surface area contributed by atoms with Crippen molar-refractivity contribution in [2.24, 2.45) is 0 Å². The van der Waals surface area contributed by atoms with Gasteiger partial charge in [-0.1, -0.05) is 12.1 Å². The summed E-state index contributed by atoms with van der Waals surface area (Å²) in [5.74, 6) is -0.721. The summed E-state index contributed by atoms with van der Waals surface area (Å²) in [6.45, 7) is 1.86. The van der Waals surface area contributed by atoms with Gasteiger partial charge in [0.2, 0.25) is 21.8 Å². The van der Waals surface area contributed by atoms with Crippen molar-refractivity contribution >= 4 is 21.6 Å². The highest BCUT2D eigenvalue weighted by Gasteiger charge is 2.28. The fraction of sp³-hybridized carbons (Fsp3) is 0.333. The molecule has 0 unspecified atom stereocenters. The lowest BCUT2D eigenvalue weighted by atomic mass is 10.2. The monoisotopic (exact) mass is 431 g/mol. The Labute approximate surface area is 166 Å². The van der Waals surface area contributed by atoms with E-state index in [0.717, 1.165) is 11.8 Å². The van der Waals surface area contributed by atoms with E-state index in [1.54, 1.807) is 32.0 Å². The standard InChI is InChI=1S/C18H20F3N3O4S/c1-12-3-4-13(2)15(9-12)29(26,27)23-8-7-16(25)24-14-5-6-17(22-10-14)28-11-18(19,20)21/h3-6,9-10,23H,7-8,11H2,1-2H3,(H,24,25). The molecule has 0 atom stereocenters. The maximum absolute atomic E-state index is 12.4. The van der Waals surface area contributed by atoms with Crippen LogP contribution in [-0.4, -0.2) is 38.6 Å². The number of pyridine rings is 1.